The molecule has 1 aromatic heterocycles. The van der Waals surface area contributed by atoms with Crippen LogP contribution in [0.4, 0.5) is 10.5 Å². The van der Waals surface area contributed by atoms with Crippen molar-refractivity contribution in [3.63, 3.8) is 0 Å². The van der Waals surface area contributed by atoms with Gasteiger partial charge in [0.25, 0.3) is 5.91 Å². The summed E-state index contributed by atoms with van der Waals surface area (Å²) in [5, 5.41) is 5.66. The summed E-state index contributed by atoms with van der Waals surface area (Å²) in [6.45, 7) is 9.92. The Balaban J connectivity index is 1.20. The third kappa shape index (κ3) is 5.34. The van der Waals surface area contributed by atoms with Crippen LogP contribution in [-0.4, -0.2) is 72.5 Å². The Bertz CT molecular complexity index is 1110. The molecular formula is C28H35ClN4O2S. The van der Waals surface area contributed by atoms with E-state index in [1.54, 1.807) is 12.1 Å². The fourth-order valence-electron chi connectivity index (χ4n) is 5.86. The minimum absolute atomic E-state index is 0.0796. The molecule has 2 fully saturated rings. The van der Waals surface area contributed by atoms with Crippen LogP contribution in [0.25, 0.3) is 0 Å². The maximum absolute atomic E-state index is 13.4. The fourth-order valence-corrected chi connectivity index (χ4v) is 6.67. The van der Waals surface area contributed by atoms with Gasteiger partial charge in [-0.2, -0.15) is 0 Å². The molecular weight excluding hydrogens is 492 g/mol. The lowest BCUT2D eigenvalue weighted by atomic mass is 9.49. The Hall–Kier alpha value is -2.35. The van der Waals surface area contributed by atoms with Crippen LogP contribution in [0.3, 0.4) is 0 Å². The summed E-state index contributed by atoms with van der Waals surface area (Å²) in [5.41, 5.74) is 2.48. The van der Waals surface area contributed by atoms with Gasteiger partial charge >= 0.3 is 6.03 Å². The number of carbonyl (C=O) groups is 2. The molecule has 6 rings (SSSR count). The van der Waals surface area contributed by atoms with E-state index in [2.05, 4.69) is 30.1 Å². The van der Waals surface area contributed by atoms with Crippen LogP contribution in [0.2, 0.25) is 5.02 Å². The van der Waals surface area contributed by atoms with E-state index >= 15 is 0 Å². The van der Waals surface area contributed by atoms with Crippen molar-refractivity contribution in [1.82, 2.24) is 14.7 Å². The number of nitrogens with one attached hydrogen (secondary N) is 1. The average molecular weight is 527 g/mol. The highest BCUT2D eigenvalue weighted by Crippen LogP contribution is 2.59. The second kappa shape index (κ2) is 10.6. The molecule has 36 heavy (non-hydrogen) atoms. The monoisotopic (exact) mass is 526 g/mol. The molecule has 1 aromatic carbocycles. The highest BCUT2D eigenvalue weighted by atomic mass is 35.5. The molecule has 1 saturated carbocycles. The molecule has 0 spiro atoms. The van der Waals surface area contributed by atoms with Crippen molar-refractivity contribution in [2.24, 2.45) is 17.3 Å². The van der Waals surface area contributed by atoms with E-state index in [4.69, 9.17) is 11.6 Å². The average Bonchev–Trinajstić information content (AvgIpc) is 3.43. The number of thiophene rings is 1. The number of nitrogens with zero attached hydrogens (tertiary/aromatic N) is 3. The molecule has 1 saturated heterocycles. The Morgan fingerprint density at radius 3 is 2.53 bits per heavy atom. The number of anilines is 1. The predicted octanol–water partition coefficient (Wildman–Crippen LogP) is 5.69. The smallest absolute Gasteiger partial charge is 0.322 e. The van der Waals surface area contributed by atoms with E-state index < -0.39 is 0 Å². The number of fused-ring (bicyclic) bond motifs is 1. The molecule has 6 nitrogen and oxygen atoms in total. The van der Waals surface area contributed by atoms with Gasteiger partial charge in [-0.1, -0.05) is 43.2 Å². The molecule has 0 radical (unpaired) electrons. The first kappa shape index (κ1) is 25.3. The summed E-state index contributed by atoms with van der Waals surface area (Å²) in [6.07, 6.45) is 4.74. The quantitative estimate of drug-likeness (QED) is 0.472. The van der Waals surface area contributed by atoms with Crippen molar-refractivity contribution in [3.05, 3.63) is 63.3 Å². The van der Waals surface area contributed by atoms with Gasteiger partial charge < -0.3 is 15.1 Å². The van der Waals surface area contributed by atoms with Crippen LogP contribution in [0.15, 0.2) is 53.4 Å². The number of allylic oxidation sites excluding steroid dienone is 1. The molecule has 192 valence electrons. The highest BCUT2D eigenvalue weighted by molar-refractivity contribution is 7.12. The maximum atomic E-state index is 13.4. The van der Waals surface area contributed by atoms with Crippen LogP contribution in [0, 0.1) is 17.3 Å². The zero-order valence-corrected chi connectivity index (χ0v) is 22.7. The van der Waals surface area contributed by atoms with Crippen molar-refractivity contribution in [3.8, 4) is 0 Å². The molecule has 1 aliphatic heterocycles. The van der Waals surface area contributed by atoms with E-state index in [1.807, 2.05) is 39.4 Å². The molecule has 4 aliphatic rings. The summed E-state index contributed by atoms with van der Waals surface area (Å²) >= 11 is 7.52. The van der Waals surface area contributed by atoms with Crippen molar-refractivity contribution >= 4 is 40.6 Å². The standard InChI is InChI=1S/C28H35ClN4O2S/c1-28(2)21-6-5-20(24(28)18-21)19-33(27(35)30-23-9-7-22(29)8-10-23)16-13-31-11-14-32(15-12-31)26(34)25-4-3-17-36-25/h3-5,7-10,17,21,24H,6,11-16,18-19H2,1-2H3,(H,30,35). The number of benzene rings is 1. The third-order valence-electron chi connectivity index (χ3n) is 8.42. The molecule has 1 N–H and O–H groups in total. The zero-order chi connectivity index (χ0) is 25.3. The maximum Gasteiger partial charge on any atom is 0.322 e. The number of rotatable bonds is 7. The van der Waals surface area contributed by atoms with E-state index in [1.165, 1.54) is 23.3 Å². The SMILES string of the molecule is CC1(C)C2CC=C(CN(CCN3CCN(C(=O)c4cccs4)CC3)C(=O)Nc3ccc(Cl)cc3)C1C2. The zero-order valence-electron chi connectivity index (χ0n) is 21.1. The van der Waals surface area contributed by atoms with E-state index in [0.717, 1.165) is 55.6 Å². The van der Waals surface area contributed by atoms with Gasteiger partial charge in [-0.05, 0) is 65.8 Å². The number of hydrogen-bond acceptors (Lipinski definition) is 4. The minimum Gasteiger partial charge on any atom is -0.335 e. The minimum atomic E-state index is -0.0796. The first-order chi connectivity index (χ1) is 17.3. The Morgan fingerprint density at radius 1 is 1.14 bits per heavy atom. The summed E-state index contributed by atoms with van der Waals surface area (Å²) in [6, 6.07) is 11.0. The number of piperazine rings is 1. The van der Waals surface area contributed by atoms with Crippen molar-refractivity contribution < 1.29 is 9.59 Å². The predicted molar refractivity (Wildman–Crippen MR) is 147 cm³/mol. The molecule has 2 unspecified atom stereocenters. The topological polar surface area (TPSA) is 55.9 Å². The number of carbonyl (C=O) groups excluding carboxylic acids is 2. The van der Waals surface area contributed by atoms with Gasteiger partial charge in [0.15, 0.2) is 0 Å². The van der Waals surface area contributed by atoms with Gasteiger partial charge in [-0.15, -0.1) is 11.3 Å². The van der Waals surface area contributed by atoms with Gasteiger partial charge in [0.2, 0.25) is 0 Å². The molecule has 8 heteroatoms. The van der Waals surface area contributed by atoms with E-state index in [-0.39, 0.29) is 11.9 Å². The fraction of sp³-hybridized carbons (Fsp3) is 0.500. The Morgan fingerprint density at radius 2 is 1.89 bits per heavy atom. The summed E-state index contributed by atoms with van der Waals surface area (Å²) in [5.74, 6) is 1.46. The Labute approximate surface area is 222 Å². The summed E-state index contributed by atoms with van der Waals surface area (Å²) in [4.78, 5) is 33.1. The largest absolute Gasteiger partial charge is 0.335 e. The molecule has 3 amide bonds. The molecule has 2 bridgehead atoms. The van der Waals surface area contributed by atoms with Crippen LogP contribution in [0.1, 0.15) is 36.4 Å². The lowest BCUT2D eigenvalue weighted by Crippen LogP contribution is -2.52. The first-order valence-electron chi connectivity index (χ1n) is 12.9. The normalized spacial score (nSPS) is 23.0. The van der Waals surface area contributed by atoms with Crippen LogP contribution in [-0.2, 0) is 0 Å². The molecule has 2 atom stereocenters. The highest BCUT2D eigenvalue weighted by Gasteiger charge is 2.51. The lowest BCUT2D eigenvalue weighted by Gasteiger charge is -2.57. The lowest BCUT2D eigenvalue weighted by molar-refractivity contribution is -0.00970. The Kier molecular flexibility index (Phi) is 7.42. The molecule has 2 heterocycles. The van der Waals surface area contributed by atoms with Crippen LogP contribution < -0.4 is 5.32 Å². The van der Waals surface area contributed by atoms with Gasteiger partial charge in [0.1, 0.15) is 0 Å². The second-order valence-corrected chi connectivity index (χ2v) is 12.2. The van der Waals surface area contributed by atoms with E-state index in [0.29, 0.717) is 29.4 Å². The summed E-state index contributed by atoms with van der Waals surface area (Å²) < 4.78 is 0. The molecule has 3 aliphatic carbocycles. The first-order valence-corrected chi connectivity index (χ1v) is 14.1. The summed E-state index contributed by atoms with van der Waals surface area (Å²) in [7, 11) is 0. The van der Waals surface area contributed by atoms with Crippen molar-refractivity contribution in [2.75, 3.05) is 51.1 Å². The number of urea groups is 1. The number of amides is 3. The van der Waals surface area contributed by atoms with Gasteiger partial charge in [-0.3, -0.25) is 9.69 Å². The van der Waals surface area contributed by atoms with Crippen LogP contribution >= 0.6 is 22.9 Å². The van der Waals surface area contributed by atoms with Crippen molar-refractivity contribution in [2.45, 2.75) is 26.7 Å². The van der Waals surface area contributed by atoms with Gasteiger partial charge in [0, 0.05) is 56.5 Å². The molecule has 2 aromatic rings. The van der Waals surface area contributed by atoms with Crippen molar-refractivity contribution in [1.29, 1.82) is 0 Å². The number of hydrogen-bond donors (Lipinski definition) is 1. The van der Waals surface area contributed by atoms with Crippen LogP contribution in [0.5, 0.6) is 0 Å². The number of halogens is 1. The second-order valence-electron chi connectivity index (χ2n) is 10.8. The van der Waals surface area contributed by atoms with E-state index in [9.17, 15) is 9.59 Å². The third-order valence-corrected chi connectivity index (χ3v) is 9.53. The van der Waals surface area contributed by atoms with Gasteiger partial charge in [-0.25, -0.2) is 4.79 Å². The van der Waals surface area contributed by atoms with Gasteiger partial charge in [0.05, 0.1) is 4.88 Å².